The highest BCUT2D eigenvalue weighted by Crippen LogP contribution is 2.28. The molecule has 1 heterocycles. The van der Waals surface area contributed by atoms with Crippen LogP contribution in [0.15, 0.2) is 6.07 Å². The predicted molar refractivity (Wildman–Crippen MR) is 76.3 cm³/mol. The Balaban J connectivity index is 1.95. The first-order chi connectivity index (χ1) is 9.27. The summed E-state index contributed by atoms with van der Waals surface area (Å²) in [6.07, 6.45) is 1.87. The van der Waals surface area contributed by atoms with Crippen LogP contribution in [-0.4, -0.2) is 28.1 Å². The molecule has 6 nitrogen and oxygen atoms in total. The van der Waals surface area contributed by atoms with Gasteiger partial charge in [-0.15, -0.1) is 0 Å². The highest BCUT2D eigenvalue weighted by atomic mass is 16.2. The Kier molecular flexibility index (Phi) is 3.83. The SMILES string of the molecule is Cc1cc(NC(=O)CNC(=O)C2CC2)n(C(C)(C)C)n1. The van der Waals surface area contributed by atoms with E-state index in [2.05, 4.69) is 15.7 Å². The van der Waals surface area contributed by atoms with Crippen molar-refractivity contribution >= 4 is 17.6 Å². The van der Waals surface area contributed by atoms with Gasteiger partial charge in [-0.3, -0.25) is 9.59 Å². The molecule has 1 fully saturated rings. The van der Waals surface area contributed by atoms with Gasteiger partial charge in [-0.05, 0) is 40.5 Å². The molecule has 1 aromatic heterocycles. The lowest BCUT2D eigenvalue weighted by Crippen LogP contribution is -2.35. The average Bonchev–Trinajstić information content (AvgIpc) is 3.10. The number of carbonyl (C=O) groups excluding carboxylic acids is 2. The first-order valence-electron chi connectivity index (χ1n) is 6.92. The fourth-order valence-corrected chi connectivity index (χ4v) is 1.94. The van der Waals surface area contributed by atoms with Gasteiger partial charge < -0.3 is 10.6 Å². The number of hydrogen-bond donors (Lipinski definition) is 2. The van der Waals surface area contributed by atoms with Gasteiger partial charge in [-0.2, -0.15) is 5.10 Å². The van der Waals surface area contributed by atoms with Gasteiger partial charge >= 0.3 is 0 Å². The first-order valence-corrected chi connectivity index (χ1v) is 6.92. The van der Waals surface area contributed by atoms with Crippen molar-refractivity contribution in [2.24, 2.45) is 5.92 Å². The molecule has 0 bridgehead atoms. The molecule has 0 saturated heterocycles. The highest BCUT2D eigenvalue weighted by molar-refractivity contribution is 5.94. The molecule has 0 radical (unpaired) electrons. The minimum absolute atomic E-state index is 0.00367. The van der Waals surface area contributed by atoms with Crippen LogP contribution < -0.4 is 10.6 Å². The van der Waals surface area contributed by atoms with Gasteiger partial charge in [0.2, 0.25) is 11.8 Å². The van der Waals surface area contributed by atoms with Gasteiger partial charge in [0.25, 0.3) is 0 Å². The summed E-state index contributed by atoms with van der Waals surface area (Å²) in [6.45, 7) is 7.94. The number of aryl methyl sites for hydroxylation is 1. The molecule has 6 heteroatoms. The fraction of sp³-hybridized carbons (Fsp3) is 0.643. The zero-order valence-corrected chi connectivity index (χ0v) is 12.5. The molecule has 0 atom stereocenters. The van der Waals surface area contributed by atoms with Crippen molar-refractivity contribution in [1.29, 1.82) is 0 Å². The average molecular weight is 278 g/mol. The van der Waals surface area contributed by atoms with Crippen LogP contribution in [0.4, 0.5) is 5.82 Å². The summed E-state index contributed by atoms with van der Waals surface area (Å²) in [5, 5.41) is 9.83. The summed E-state index contributed by atoms with van der Waals surface area (Å²) in [4.78, 5) is 23.4. The van der Waals surface area contributed by atoms with Crippen molar-refractivity contribution in [2.75, 3.05) is 11.9 Å². The van der Waals surface area contributed by atoms with Crippen LogP contribution in [0.5, 0.6) is 0 Å². The quantitative estimate of drug-likeness (QED) is 0.874. The maximum atomic E-state index is 11.9. The fourth-order valence-electron chi connectivity index (χ4n) is 1.94. The molecule has 2 amide bonds. The summed E-state index contributed by atoms with van der Waals surface area (Å²) in [7, 11) is 0. The summed E-state index contributed by atoms with van der Waals surface area (Å²) >= 11 is 0. The molecule has 0 aliphatic heterocycles. The van der Waals surface area contributed by atoms with Gasteiger partial charge in [-0.25, -0.2) is 4.68 Å². The Morgan fingerprint density at radius 1 is 1.40 bits per heavy atom. The van der Waals surface area contributed by atoms with Gasteiger partial charge in [0.15, 0.2) is 0 Å². The molecule has 0 spiro atoms. The third kappa shape index (κ3) is 3.59. The topological polar surface area (TPSA) is 76.0 Å². The van der Waals surface area contributed by atoms with E-state index in [-0.39, 0.29) is 29.8 Å². The Hall–Kier alpha value is -1.85. The Labute approximate surface area is 118 Å². The van der Waals surface area contributed by atoms with E-state index in [0.29, 0.717) is 5.82 Å². The number of rotatable bonds is 4. The second-order valence-corrected chi connectivity index (χ2v) is 6.29. The molecular weight excluding hydrogens is 256 g/mol. The molecule has 1 aliphatic carbocycles. The van der Waals surface area contributed by atoms with Gasteiger partial charge in [-0.1, -0.05) is 0 Å². The van der Waals surface area contributed by atoms with Crippen molar-refractivity contribution in [3.63, 3.8) is 0 Å². The minimum Gasteiger partial charge on any atom is -0.347 e. The third-order valence-corrected chi connectivity index (χ3v) is 3.11. The van der Waals surface area contributed by atoms with Crippen LogP contribution in [0, 0.1) is 12.8 Å². The van der Waals surface area contributed by atoms with Crippen molar-refractivity contribution in [3.8, 4) is 0 Å². The van der Waals surface area contributed by atoms with Crippen LogP contribution in [0.1, 0.15) is 39.3 Å². The van der Waals surface area contributed by atoms with Crippen molar-refractivity contribution in [1.82, 2.24) is 15.1 Å². The Bertz CT molecular complexity index is 524. The number of hydrogen-bond acceptors (Lipinski definition) is 3. The largest absolute Gasteiger partial charge is 0.347 e. The molecule has 2 rings (SSSR count). The van der Waals surface area contributed by atoms with E-state index in [1.54, 1.807) is 4.68 Å². The number of nitrogens with zero attached hydrogens (tertiary/aromatic N) is 2. The van der Waals surface area contributed by atoms with E-state index in [9.17, 15) is 9.59 Å². The minimum atomic E-state index is -0.232. The lowest BCUT2D eigenvalue weighted by molar-refractivity contribution is -0.125. The number of aromatic nitrogens is 2. The highest BCUT2D eigenvalue weighted by Gasteiger charge is 2.29. The molecule has 1 aliphatic rings. The van der Waals surface area contributed by atoms with Crippen molar-refractivity contribution in [2.45, 2.75) is 46.1 Å². The number of nitrogens with one attached hydrogen (secondary N) is 2. The second-order valence-electron chi connectivity index (χ2n) is 6.29. The van der Waals surface area contributed by atoms with Crippen LogP contribution in [0.25, 0.3) is 0 Å². The summed E-state index contributed by atoms with van der Waals surface area (Å²) in [5.74, 6) is 0.510. The van der Waals surface area contributed by atoms with Gasteiger partial charge in [0.05, 0.1) is 17.8 Å². The summed E-state index contributed by atoms with van der Waals surface area (Å²) in [6, 6.07) is 1.83. The molecule has 1 saturated carbocycles. The van der Waals surface area contributed by atoms with E-state index >= 15 is 0 Å². The second kappa shape index (κ2) is 5.26. The standard InChI is InChI=1S/C14H22N4O2/c1-9-7-11(18(17-9)14(2,3)4)16-12(19)8-15-13(20)10-5-6-10/h7,10H,5-6,8H2,1-4H3,(H,15,20)(H,16,19). The zero-order valence-electron chi connectivity index (χ0n) is 12.5. The van der Waals surface area contributed by atoms with E-state index < -0.39 is 0 Å². The first kappa shape index (κ1) is 14.6. The zero-order chi connectivity index (χ0) is 14.9. The molecule has 1 aromatic rings. The number of amides is 2. The van der Waals surface area contributed by atoms with Gasteiger partial charge in [0.1, 0.15) is 5.82 Å². The van der Waals surface area contributed by atoms with Gasteiger partial charge in [0, 0.05) is 12.0 Å². The number of carbonyl (C=O) groups is 2. The maximum absolute atomic E-state index is 11.9. The number of anilines is 1. The van der Waals surface area contributed by atoms with E-state index in [0.717, 1.165) is 18.5 Å². The van der Waals surface area contributed by atoms with E-state index in [1.807, 2.05) is 33.8 Å². The smallest absolute Gasteiger partial charge is 0.244 e. The summed E-state index contributed by atoms with van der Waals surface area (Å²) in [5.41, 5.74) is 0.631. The monoisotopic (exact) mass is 278 g/mol. The molecule has 20 heavy (non-hydrogen) atoms. The Morgan fingerprint density at radius 2 is 2.05 bits per heavy atom. The molecule has 2 N–H and O–H groups in total. The van der Waals surface area contributed by atoms with Crippen LogP contribution >= 0.6 is 0 Å². The Morgan fingerprint density at radius 3 is 2.60 bits per heavy atom. The molecule has 110 valence electrons. The molecular formula is C14H22N4O2. The van der Waals surface area contributed by atoms with Crippen molar-refractivity contribution < 1.29 is 9.59 Å². The normalized spacial score (nSPS) is 15.0. The van der Waals surface area contributed by atoms with Crippen LogP contribution in [0.3, 0.4) is 0 Å². The van der Waals surface area contributed by atoms with Crippen LogP contribution in [0.2, 0.25) is 0 Å². The lowest BCUT2D eigenvalue weighted by Gasteiger charge is -2.22. The maximum Gasteiger partial charge on any atom is 0.244 e. The third-order valence-electron chi connectivity index (χ3n) is 3.11. The lowest BCUT2D eigenvalue weighted by atomic mass is 10.1. The summed E-state index contributed by atoms with van der Waals surface area (Å²) < 4.78 is 1.78. The van der Waals surface area contributed by atoms with E-state index in [1.165, 1.54) is 0 Å². The molecule has 0 unspecified atom stereocenters. The van der Waals surface area contributed by atoms with E-state index in [4.69, 9.17) is 0 Å². The van der Waals surface area contributed by atoms with Crippen molar-refractivity contribution in [3.05, 3.63) is 11.8 Å². The molecule has 0 aromatic carbocycles. The predicted octanol–water partition coefficient (Wildman–Crippen LogP) is 1.41. The van der Waals surface area contributed by atoms with Crippen LogP contribution in [-0.2, 0) is 15.1 Å².